The van der Waals surface area contributed by atoms with Crippen LogP contribution < -0.4 is 5.32 Å². The van der Waals surface area contributed by atoms with Crippen molar-refractivity contribution in [1.82, 2.24) is 4.98 Å². The van der Waals surface area contributed by atoms with E-state index in [1.165, 1.54) is 0 Å². The topological polar surface area (TPSA) is 42.0 Å². The van der Waals surface area contributed by atoms with Crippen molar-refractivity contribution in [2.24, 2.45) is 0 Å². The first-order valence-electron chi connectivity index (χ1n) is 7.45. The molecule has 1 amide bonds. The Morgan fingerprint density at radius 3 is 2.35 bits per heavy atom. The molecule has 110 valence electrons. The highest BCUT2D eigenvalue weighted by molar-refractivity contribution is 6.05. The van der Waals surface area contributed by atoms with E-state index < -0.39 is 0 Å². The zero-order valence-electron chi connectivity index (χ0n) is 12.4. The Kier molecular flexibility index (Phi) is 3.24. The highest BCUT2D eigenvalue weighted by Crippen LogP contribution is 2.22. The molecule has 0 bridgehead atoms. The zero-order valence-corrected chi connectivity index (χ0v) is 12.4. The van der Waals surface area contributed by atoms with E-state index in [1.54, 1.807) is 12.1 Å². The summed E-state index contributed by atoms with van der Waals surface area (Å²) in [6.45, 7) is 0. The molecule has 1 heterocycles. The van der Waals surface area contributed by atoms with Crippen molar-refractivity contribution in [2.45, 2.75) is 0 Å². The highest BCUT2D eigenvalue weighted by atomic mass is 16.1. The number of benzene rings is 3. The van der Waals surface area contributed by atoms with Gasteiger partial charge >= 0.3 is 0 Å². The minimum atomic E-state index is -0.112. The predicted molar refractivity (Wildman–Crippen MR) is 93.6 cm³/mol. The van der Waals surface area contributed by atoms with Gasteiger partial charge in [0.1, 0.15) is 0 Å². The number of carbonyl (C=O) groups is 1. The van der Waals surface area contributed by atoms with Gasteiger partial charge in [-0.1, -0.05) is 36.4 Å². The third-order valence-corrected chi connectivity index (χ3v) is 3.81. The molecule has 23 heavy (non-hydrogen) atoms. The lowest BCUT2D eigenvalue weighted by Crippen LogP contribution is -2.11. The number of hydrogen-bond acceptors (Lipinski definition) is 2. The standard InChI is InChI=1S/C20H14N2O/c23-20(14-6-2-1-3-7-14)21-17-10-11-19-16(13-17)12-15-8-4-5-9-18(15)22-19/h1-13H,(H,21,23). The molecule has 0 saturated carbocycles. The minimum absolute atomic E-state index is 0.112. The van der Waals surface area contributed by atoms with Crippen LogP contribution in [0.2, 0.25) is 0 Å². The number of rotatable bonds is 2. The van der Waals surface area contributed by atoms with Gasteiger partial charge in [-0.15, -0.1) is 0 Å². The zero-order chi connectivity index (χ0) is 15.6. The third-order valence-electron chi connectivity index (χ3n) is 3.81. The predicted octanol–water partition coefficient (Wildman–Crippen LogP) is 4.64. The first-order chi connectivity index (χ1) is 11.3. The van der Waals surface area contributed by atoms with Crippen LogP contribution in [-0.2, 0) is 0 Å². The number of nitrogens with zero attached hydrogens (tertiary/aromatic N) is 1. The van der Waals surface area contributed by atoms with E-state index in [1.807, 2.05) is 60.7 Å². The van der Waals surface area contributed by atoms with E-state index in [-0.39, 0.29) is 5.91 Å². The highest BCUT2D eigenvalue weighted by Gasteiger charge is 2.06. The maximum absolute atomic E-state index is 12.2. The van der Waals surface area contributed by atoms with Crippen LogP contribution >= 0.6 is 0 Å². The fourth-order valence-electron chi connectivity index (χ4n) is 2.65. The summed E-state index contributed by atoms with van der Waals surface area (Å²) in [5, 5.41) is 5.03. The number of hydrogen-bond donors (Lipinski definition) is 1. The molecule has 4 rings (SSSR count). The van der Waals surface area contributed by atoms with Crippen LogP contribution in [0.3, 0.4) is 0 Å². The van der Waals surface area contributed by atoms with Gasteiger partial charge in [-0.2, -0.15) is 0 Å². The molecular formula is C20H14N2O. The second-order valence-corrected chi connectivity index (χ2v) is 5.41. The molecule has 3 heteroatoms. The fraction of sp³-hybridized carbons (Fsp3) is 0. The second-order valence-electron chi connectivity index (χ2n) is 5.41. The molecule has 0 aliphatic heterocycles. The molecule has 4 aromatic rings. The lowest BCUT2D eigenvalue weighted by Gasteiger charge is -2.07. The summed E-state index contributed by atoms with van der Waals surface area (Å²) in [6, 6.07) is 25.1. The lowest BCUT2D eigenvalue weighted by molar-refractivity contribution is 0.102. The van der Waals surface area contributed by atoms with E-state index in [9.17, 15) is 4.79 Å². The van der Waals surface area contributed by atoms with E-state index in [0.29, 0.717) is 5.56 Å². The maximum atomic E-state index is 12.2. The molecule has 0 radical (unpaired) electrons. The van der Waals surface area contributed by atoms with Gasteiger partial charge < -0.3 is 5.32 Å². The van der Waals surface area contributed by atoms with Crippen LogP contribution in [-0.4, -0.2) is 10.9 Å². The van der Waals surface area contributed by atoms with Crippen LogP contribution in [0.25, 0.3) is 21.8 Å². The van der Waals surface area contributed by atoms with Gasteiger partial charge in [-0.25, -0.2) is 4.98 Å². The molecule has 0 saturated heterocycles. The Bertz CT molecular complexity index is 1010. The summed E-state index contributed by atoms with van der Waals surface area (Å²) in [7, 11) is 0. The average Bonchev–Trinajstić information content (AvgIpc) is 2.60. The number of pyridine rings is 1. The molecule has 0 spiro atoms. The average molecular weight is 298 g/mol. The molecule has 1 aromatic heterocycles. The summed E-state index contributed by atoms with van der Waals surface area (Å²) in [4.78, 5) is 16.9. The maximum Gasteiger partial charge on any atom is 0.255 e. The summed E-state index contributed by atoms with van der Waals surface area (Å²) in [5.41, 5.74) is 3.30. The van der Waals surface area contributed by atoms with Crippen molar-refractivity contribution in [3.05, 3.63) is 84.4 Å². The van der Waals surface area contributed by atoms with Crippen LogP contribution in [0.5, 0.6) is 0 Å². The number of aromatic nitrogens is 1. The molecule has 0 aliphatic rings. The van der Waals surface area contributed by atoms with E-state index >= 15 is 0 Å². The summed E-state index contributed by atoms with van der Waals surface area (Å²) < 4.78 is 0. The number of carbonyl (C=O) groups excluding carboxylic acids is 1. The number of fused-ring (bicyclic) bond motifs is 2. The third kappa shape index (κ3) is 2.64. The van der Waals surface area contributed by atoms with Crippen molar-refractivity contribution in [2.75, 3.05) is 5.32 Å². The summed E-state index contributed by atoms with van der Waals surface area (Å²) >= 11 is 0. The fourth-order valence-corrected chi connectivity index (χ4v) is 2.65. The Morgan fingerprint density at radius 1 is 0.739 bits per heavy atom. The Labute approximate surface area is 133 Å². The number of anilines is 1. The van der Waals surface area contributed by atoms with Crippen molar-refractivity contribution in [3.8, 4) is 0 Å². The van der Waals surface area contributed by atoms with Crippen LogP contribution in [0.15, 0.2) is 78.9 Å². The van der Waals surface area contributed by atoms with Gasteiger partial charge in [-0.3, -0.25) is 4.79 Å². The van der Waals surface area contributed by atoms with Gasteiger partial charge in [0.15, 0.2) is 0 Å². The van der Waals surface area contributed by atoms with Crippen molar-refractivity contribution < 1.29 is 4.79 Å². The monoisotopic (exact) mass is 298 g/mol. The van der Waals surface area contributed by atoms with E-state index in [2.05, 4.69) is 16.4 Å². The van der Waals surface area contributed by atoms with E-state index in [4.69, 9.17) is 0 Å². The Balaban J connectivity index is 1.71. The lowest BCUT2D eigenvalue weighted by atomic mass is 10.1. The number of amides is 1. The summed E-state index contributed by atoms with van der Waals surface area (Å²) in [5.74, 6) is -0.112. The molecule has 0 fully saturated rings. The molecule has 0 unspecified atom stereocenters. The van der Waals surface area contributed by atoms with Gasteiger partial charge in [0, 0.05) is 22.0 Å². The number of para-hydroxylation sites is 1. The van der Waals surface area contributed by atoms with Crippen molar-refractivity contribution in [3.63, 3.8) is 0 Å². The van der Waals surface area contributed by atoms with Crippen LogP contribution in [0, 0.1) is 0 Å². The normalized spacial score (nSPS) is 10.8. The first-order valence-corrected chi connectivity index (χ1v) is 7.45. The van der Waals surface area contributed by atoms with Crippen LogP contribution in [0.4, 0.5) is 5.69 Å². The van der Waals surface area contributed by atoms with Gasteiger partial charge in [0.25, 0.3) is 5.91 Å². The van der Waals surface area contributed by atoms with Crippen molar-refractivity contribution in [1.29, 1.82) is 0 Å². The Hall–Kier alpha value is -3.20. The molecule has 1 N–H and O–H groups in total. The molecular weight excluding hydrogens is 284 g/mol. The first kappa shape index (κ1) is 13.5. The van der Waals surface area contributed by atoms with Gasteiger partial charge in [0.2, 0.25) is 0 Å². The van der Waals surface area contributed by atoms with Gasteiger partial charge in [0.05, 0.1) is 11.0 Å². The molecule has 3 nitrogen and oxygen atoms in total. The largest absolute Gasteiger partial charge is 0.322 e. The molecule has 3 aromatic carbocycles. The smallest absolute Gasteiger partial charge is 0.255 e. The Morgan fingerprint density at radius 2 is 1.48 bits per heavy atom. The summed E-state index contributed by atoms with van der Waals surface area (Å²) in [6.07, 6.45) is 0. The second kappa shape index (κ2) is 5.54. The van der Waals surface area contributed by atoms with E-state index in [0.717, 1.165) is 27.5 Å². The number of nitrogens with one attached hydrogen (secondary N) is 1. The molecule has 0 aliphatic carbocycles. The SMILES string of the molecule is O=C(Nc1ccc2nc3ccccc3cc2c1)c1ccccc1. The van der Waals surface area contributed by atoms with Crippen LogP contribution in [0.1, 0.15) is 10.4 Å². The quantitative estimate of drug-likeness (QED) is 0.548. The van der Waals surface area contributed by atoms with Gasteiger partial charge in [-0.05, 0) is 42.5 Å². The van der Waals surface area contributed by atoms with Crippen molar-refractivity contribution >= 4 is 33.4 Å². The minimum Gasteiger partial charge on any atom is -0.322 e. The molecule has 0 atom stereocenters.